The highest BCUT2D eigenvalue weighted by atomic mass is 15.1. The number of para-hydroxylation sites is 2. The van der Waals surface area contributed by atoms with Crippen LogP contribution in [-0.4, -0.2) is 7.05 Å². The van der Waals surface area contributed by atoms with E-state index in [0.29, 0.717) is 0 Å². The van der Waals surface area contributed by atoms with Crippen LogP contribution in [0.3, 0.4) is 0 Å². The van der Waals surface area contributed by atoms with Crippen LogP contribution in [0.5, 0.6) is 0 Å². The summed E-state index contributed by atoms with van der Waals surface area (Å²) in [5.41, 5.74) is 4.97. The maximum Gasteiger partial charge on any atom is 0.0602 e. The fourth-order valence-corrected chi connectivity index (χ4v) is 2.69. The van der Waals surface area contributed by atoms with Crippen LogP contribution in [0.15, 0.2) is 84.9 Å². The van der Waals surface area contributed by atoms with E-state index >= 15 is 0 Å². The first kappa shape index (κ1) is 15.2. The molecule has 0 radical (unpaired) electrons. The summed E-state index contributed by atoms with van der Waals surface area (Å²) in [5.74, 6) is 0. The summed E-state index contributed by atoms with van der Waals surface area (Å²) >= 11 is 0. The zero-order valence-electron chi connectivity index (χ0n) is 13.4. The van der Waals surface area contributed by atoms with E-state index in [4.69, 9.17) is 0 Å². The zero-order valence-corrected chi connectivity index (χ0v) is 13.4. The minimum atomic E-state index is 0.830. The summed E-state index contributed by atoms with van der Waals surface area (Å²) in [5, 5.41) is 3.55. The predicted octanol–water partition coefficient (Wildman–Crippen LogP) is 4.94. The van der Waals surface area contributed by atoms with Crippen LogP contribution < -0.4 is 10.2 Å². The number of hydrogen-bond acceptors (Lipinski definition) is 2. The van der Waals surface area contributed by atoms with Crippen molar-refractivity contribution < 1.29 is 0 Å². The van der Waals surface area contributed by atoms with E-state index in [1.54, 1.807) is 0 Å². The first-order valence-corrected chi connectivity index (χ1v) is 7.95. The van der Waals surface area contributed by atoms with Crippen LogP contribution in [0.2, 0.25) is 0 Å². The van der Waals surface area contributed by atoms with E-state index in [1.165, 1.54) is 16.8 Å². The van der Waals surface area contributed by atoms with Crippen LogP contribution in [0.25, 0.3) is 0 Å². The Balaban J connectivity index is 1.72. The quantitative estimate of drug-likeness (QED) is 0.694. The molecule has 3 rings (SSSR count). The first-order valence-electron chi connectivity index (χ1n) is 7.95. The van der Waals surface area contributed by atoms with Crippen LogP contribution in [0.4, 0.5) is 11.4 Å². The molecule has 2 heteroatoms. The Morgan fingerprint density at radius 2 is 1.26 bits per heavy atom. The van der Waals surface area contributed by atoms with Gasteiger partial charge in [-0.15, -0.1) is 0 Å². The second kappa shape index (κ2) is 7.50. The largest absolute Gasteiger partial charge is 0.379 e. The van der Waals surface area contributed by atoms with Crippen molar-refractivity contribution in [2.24, 2.45) is 0 Å². The molecule has 0 fully saturated rings. The lowest BCUT2D eigenvalue weighted by molar-refractivity contribution is 0.922. The summed E-state index contributed by atoms with van der Waals surface area (Å²) in [4.78, 5) is 2.28. The normalized spacial score (nSPS) is 10.3. The van der Waals surface area contributed by atoms with Crippen LogP contribution >= 0.6 is 0 Å². The minimum absolute atomic E-state index is 0.830. The van der Waals surface area contributed by atoms with Gasteiger partial charge in [-0.3, -0.25) is 0 Å². The summed E-state index contributed by atoms with van der Waals surface area (Å²) in [6.07, 6.45) is 0. The van der Waals surface area contributed by atoms with Crippen LogP contribution in [-0.2, 0) is 13.1 Å². The average molecular weight is 302 g/mol. The summed E-state index contributed by atoms with van der Waals surface area (Å²) in [7, 11) is 2.13. The molecular weight excluding hydrogens is 280 g/mol. The number of benzene rings is 3. The second-order valence-electron chi connectivity index (χ2n) is 5.70. The number of anilines is 2. The van der Waals surface area contributed by atoms with Crippen molar-refractivity contribution in [3.05, 3.63) is 96.1 Å². The average Bonchev–Trinajstić information content (AvgIpc) is 2.62. The monoisotopic (exact) mass is 302 g/mol. The molecule has 0 heterocycles. The Morgan fingerprint density at radius 1 is 0.696 bits per heavy atom. The Bertz CT molecular complexity index is 723. The van der Waals surface area contributed by atoms with Gasteiger partial charge in [0.15, 0.2) is 0 Å². The molecule has 0 saturated carbocycles. The SMILES string of the molecule is CN(Cc1ccccc1)c1ccccc1NCc1ccccc1. The lowest BCUT2D eigenvalue weighted by Crippen LogP contribution is -2.18. The summed E-state index contributed by atoms with van der Waals surface area (Å²) in [6.45, 7) is 1.72. The maximum absolute atomic E-state index is 3.55. The fourth-order valence-electron chi connectivity index (χ4n) is 2.69. The number of rotatable bonds is 6. The van der Waals surface area contributed by atoms with E-state index in [-0.39, 0.29) is 0 Å². The summed E-state index contributed by atoms with van der Waals surface area (Å²) < 4.78 is 0. The van der Waals surface area contributed by atoms with Gasteiger partial charge in [0.25, 0.3) is 0 Å². The van der Waals surface area contributed by atoms with Gasteiger partial charge in [-0.1, -0.05) is 72.8 Å². The molecule has 0 aliphatic carbocycles. The molecule has 0 spiro atoms. The standard InChI is InChI=1S/C21H22N2/c1-23(17-19-12-6-3-7-13-19)21-15-9-8-14-20(21)22-16-18-10-4-2-5-11-18/h2-15,22H,16-17H2,1H3. The number of hydrogen-bond donors (Lipinski definition) is 1. The third kappa shape index (κ3) is 4.13. The molecule has 0 saturated heterocycles. The minimum Gasteiger partial charge on any atom is -0.379 e. The van der Waals surface area contributed by atoms with E-state index in [1.807, 2.05) is 6.07 Å². The van der Waals surface area contributed by atoms with Crippen molar-refractivity contribution in [1.82, 2.24) is 0 Å². The molecule has 0 aliphatic heterocycles. The Morgan fingerprint density at radius 3 is 1.96 bits per heavy atom. The van der Waals surface area contributed by atoms with Gasteiger partial charge in [-0.05, 0) is 23.3 Å². The molecule has 0 aliphatic rings. The van der Waals surface area contributed by atoms with Gasteiger partial charge in [-0.25, -0.2) is 0 Å². The molecule has 1 N–H and O–H groups in total. The van der Waals surface area contributed by atoms with Gasteiger partial charge < -0.3 is 10.2 Å². The molecule has 0 amide bonds. The lowest BCUT2D eigenvalue weighted by atomic mass is 10.1. The molecule has 2 nitrogen and oxygen atoms in total. The second-order valence-corrected chi connectivity index (χ2v) is 5.70. The Kier molecular flexibility index (Phi) is 4.95. The van der Waals surface area contributed by atoms with Crippen LogP contribution in [0.1, 0.15) is 11.1 Å². The zero-order chi connectivity index (χ0) is 15.9. The van der Waals surface area contributed by atoms with Gasteiger partial charge in [0.2, 0.25) is 0 Å². The highest BCUT2D eigenvalue weighted by Crippen LogP contribution is 2.26. The maximum atomic E-state index is 3.55. The third-order valence-corrected chi connectivity index (χ3v) is 3.90. The molecule has 0 bridgehead atoms. The predicted molar refractivity (Wildman–Crippen MR) is 98.8 cm³/mol. The van der Waals surface area contributed by atoms with Gasteiger partial charge in [-0.2, -0.15) is 0 Å². The number of nitrogens with zero attached hydrogens (tertiary/aromatic N) is 1. The molecular formula is C21H22N2. The van der Waals surface area contributed by atoms with Crippen molar-refractivity contribution >= 4 is 11.4 Å². The van der Waals surface area contributed by atoms with Gasteiger partial charge in [0.05, 0.1) is 11.4 Å². The molecule has 0 unspecified atom stereocenters. The number of nitrogens with one attached hydrogen (secondary N) is 1. The molecule has 116 valence electrons. The van der Waals surface area contributed by atoms with Gasteiger partial charge >= 0.3 is 0 Å². The highest BCUT2D eigenvalue weighted by molar-refractivity contribution is 5.69. The molecule has 3 aromatic carbocycles. The smallest absolute Gasteiger partial charge is 0.0602 e. The van der Waals surface area contributed by atoms with Crippen molar-refractivity contribution in [3.8, 4) is 0 Å². The topological polar surface area (TPSA) is 15.3 Å². The van der Waals surface area contributed by atoms with E-state index in [9.17, 15) is 0 Å². The van der Waals surface area contributed by atoms with E-state index in [0.717, 1.165) is 18.8 Å². The molecule has 3 aromatic rings. The Hall–Kier alpha value is -2.74. The van der Waals surface area contributed by atoms with E-state index in [2.05, 4.69) is 96.1 Å². The van der Waals surface area contributed by atoms with E-state index < -0.39 is 0 Å². The van der Waals surface area contributed by atoms with Crippen molar-refractivity contribution in [2.45, 2.75) is 13.1 Å². The summed E-state index contributed by atoms with van der Waals surface area (Å²) in [6, 6.07) is 29.5. The van der Waals surface area contributed by atoms with Crippen molar-refractivity contribution in [3.63, 3.8) is 0 Å². The van der Waals surface area contributed by atoms with Crippen LogP contribution in [0, 0.1) is 0 Å². The molecule has 23 heavy (non-hydrogen) atoms. The Labute approximate surface area is 138 Å². The fraction of sp³-hybridized carbons (Fsp3) is 0.143. The molecule has 0 aromatic heterocycles. The first-order chi connectivity index (χ1) is 11.3. The highest BCUT2D eigenvalue weighted by Gasteiger charge is 2.07. The van der Waals surface area contributed by atoms with Gasteiger partial charge in [0.1, 0.15) is 0 Å². The van der Waals surface area contributed by atoms with Gasteiger partial charge in [0, 0.05) is 20.1 Å². The lowest BCUT2D eigenvalue weighted by Gasteiger charge is -2.23. The molecule has 0 atom stereocenters. The van der Waals surface area contributed by atoms with Crippen molar-refractivity contribution in [2.75, 3.05) is 17.3 Å². The third-order valence-electron chi connectivity index (χ3n) is 3.90. The van der Waals surface area contributed by atoms with Crippen molar-refractivity contribution in [1.29, 1.82) is 0 Å².